The number of H-pyrrole nitrogens is 1. The van der Waals surface area contributed by atoms with Crippen LogP contribution in [0.3, 0.4) is 0 Å². The van der Waals surface area contributed by atoms with E-state index >= 15 is 0 Å². The van der Waals surface area contributed by atoms with Gasteiger partial charge in [0, 0.05) is 30.8 Å². The summed E-state index contributed by atoms with van der Waals surface area (Å²) in [6, 6.07) is 6.65. The number of carbonyl (C=O) groups excluding carboxylic acids is 3. The number of nitrogens with one attached hydrogen (secondary N) is 2. The summed E-state index contributed by atoms with van der Waals surface area (Å²) in [6.45, 7) is 1.47. The summed E-state index contributed by atoms with van der Waals surface area (Å²) in [5.74, 6) is -0.611. The van der Waals surface area contributed by atoms with Gasteiger partial charge in [-0.1, -0.05) is 18.2 Å². The molecule has 41 heavy (non-hydrogen) atoms. The van der Waals surface area contributed by atoms with Crippen molar-refractivity contribution in [2.45, 2.75) is 31.2 Å². The number of imidazole rings is 1. The smallest absolute Gasteiger partial charge is 0.243 e. The van der Waals surface area contributed by atoms with Gasteiger partial charge in [0.05, 0.1) is 23.5 Å². The van der Waals surface area contributed by atoms with Gasteiger partial charge < -0.3 is 20.1 Å². The summed E-state index contributed by atoms with van der Waals surface area (Å²) in [5, 5.41) is 7.58. The van der Waals surface area contributed by atoms with Crippen molar-refractivity contribution in [3.63, 3.8) is 0 Å². The van der Waals surface area contributed by atoms with Gasteiger partial charge in [-0.25, -0.2) is 23.4 Å². The summed E-state index contributed by atoms with van der Waals surface area (Å²) < 4.78 is 25.5. The van der Waals surface area contributed by atoms with Crippen LogP contribution in [0.15, 0.2) is 36.9 Å². The Morgan fingerprint density at radius 2 is 2.00 bits per heavy atom. The Bertz CT molecular complexity index is 1900. The molecule has 0 bridgehead atoms. The first-order valence-electron chi connectivity index (χ1n) is 13.0. The quantitative estimate of drug-likeness (QED) is 0.350. The standard InChI is InChI=1S/C26H25N9O5S/c1-14-20-23(35(32-14)24-21-22(28-12-27-21)29-13-30-24)31-18(36)9-26(20)16-5-3-4-6-17(16)34(25(26)38)10-19(37)33(2)15-7-8-41(39,40)11-15/h3-6,12-13,15H,7-11H2,1-2H3,(H,31,36)(H,27,28,29,30)/t15-,26+/m0/s1. The summed E-state index contributed by atoms with van der Waals surface area (Å²) in [4.78, 5) is 59.7. The Labute approximate surface area is 233 Å². The first-order valence-corrected chi connectivity index (χ1v) is 14.8. The summed E-state index contributed by atoms with van der Waals surface area (Å²) in [7, 11) is -1.64. The van der Waals surface area contributed by atoms with E-state index in [0.717, 1.165) is 0 Å². The number of likely N-dealkylation sites (N-methyl/N-ethyl adjacent to an activating group) is 1. The van der Waals surface area contributed by atoms with E-state index in [0.29, 0.717) is 51.7 Å². The molecule has 6 heterocycles. The van der Waals surface area contributed by atoms with Crippen LogP contribution in [0.2, 0.25) is 0 Å². The lowest BCUT2D eigenvalue weighted by molar-refractivity contribution is -0.132. The third kappa shape index (κ3) is 3.61. The molecule has 1 fully saturated rings. The molecule has 0 saturated carbocycles. The topological polar surface area (TPSA) is 176 Å². The Balaban J connectivity index is 1.33. The predicted octanol–water partition coefficient (Wildman–Crippen LogP) is 0.467. The first-order chi connectivity index (χ1) is 19.6. The first kappa shape index (κ1) is 25.3. The van der Waals surface area contributed by atoms with Crippen LogP contribution in [0, 0.1) is 6.92 Å². The van der Waals surface area contributed by atoms with E-state index in [1.807, 2.05) is 0 Å². The van der Waals surface area contributed by atoms with Crippen molar-refractivity contribution in [2.75, 3.05) is 35.3 Å². The number of benzene rings is 1. The number of amides is 3. The van der Waals surface area contributed by atoms with E-state index in [-0.39, 0.29) is 30.4 Å². The molecule has 7 rings (SSSR count). The summed E-state index contributed by atoms with van der Waals surface area (Å²) in [5.41, 5.74) is 1.64. The third-order valence-corrected chi connectivity index (χ3v) is 10.0. The van der Waals surface area contributed by atoms with Crippen LogP contribution in [0.5, 0.6) is 0 Å². The molecule has 0 aliphatic carbocycles. The number of hydrogen-bond acceptors (Lipinski definition) is 9. The zero-order valence-electron chi connectivity index (χ0n) is 22.2. The molecular formula is C26H25N9O5S. The lowest BCUT2D eigenvalue weighted by atomic mass is 9.70. The van der Waals surface area contributed by atoms with E-state index in [9.17, 15) is 22.8 Å². The van der Waals surface area contributed by atoms with Gasteiger partial charge in [-0.3, -0.25) is 14.4 Å². The van der Waals surface area contributed by atoms with Crippen molar-refractivity contribution >= 4 is 50.2 Å². The van der Waals surface area contributed by atoms with Crippen molar-refractivity contribution in [3.05, 3.63) is 53.7 Å². The molecule has 3 aromatic heterocycles. The van der Waals surface area contributed by atoms with Crippen LogP contribution in [-0.4, -0.2) is 91.9 Å². The van der Waals surface area contributed by atoms with E-state index < -0.39 is 33.1 Å². The molecule has 3 aliphatic heterocycles. The average Bonchev–Trinajstić information content (AvgIpc) is 3.70. The second-order valence-electron chi connectivity index (χ2n) is 10.6. The number of rotatable bonds is 4. The molecule has 2 atom stereocenters. The number of nitrogens with zero attached hydrogens (tertiary/aromatic N) is 7. The minimum atomic E-state index is -3.20. The van der Waals surface area contributed by atoms with Gasteiger partial charge in [0.25, 0.3) is 0 Å². The number of fused-ring (bicyclic) bond motifs is 5. The maximum absolute atomic E-state index is 14.5. The maximum atomic E-state index is 14.5. The fraction of sp³-hybridized carbons (Fsp3) is 0.346. The second-order valence-corrected chi connectivity index (χ2v) is 12.8. The largest absolute Gasteiger partial charge is 0.340 e. The highest BCUT2D eigenvalue weighted by molar-refractivity contribution is 7.91. The number of aromatic nitrogens is 6. The normalized spacial score (nSPS) is 22.7. The molecule has 2 N–H and O–H groups in total. The minimum absolute atomic E-state index is 0.0300. The third-order valence-electron chi connectivity index (χ3n) is 8.28. The molecule has 3 amide bonds. The Hall–Kier alpha value is -4.66. The monoisotopic (exact) mass is 575 g/mol. The number of anilines is 2. The van der Waals surface area contributed by atoms with E-state index in [2.05, 4.69) is 25.3 Å². The highest BCUT2D eigenvalue weighted by Gasteiger charge is 2.58. The number of sulfone groups is 1. The van der Waals surface area contributed by atoms with Gasteiger partial charge in [0.2, 0.25) is 17.7 Å². The van der Waals surface area contributed by atoms with E-state index in [1.165, 1.54) is 27.1 Å². The molecule has 0 radical (unpaired) electrons. The number of aryl methyl sites for hydroxylation is 1. The minimum Gasteiger partial charge on any atom is -0.340 e. The lowest BCUT2D eigenvalue weighted by Crippen LogP contribution is -2.50. The molecule has 14 nitrogen and oxygen atoms in total. The van der Waals surface area contributed by atoms with Crippen LogP contribution in [0.4, 0.5) is 11.5 Å². The van der Waals surface area contributed by atoms with Gasteiger partial charge in [-0.15, -0.1) is 0 Å². The van der Waals surface area contributed by atoms with Crippen LogP contribution < -0.4 is 10.2 Å². The van der Waals surface area contributed by atoms with Crippen molar-refractivity contribution in [1.82, 2.24) is 34.6 Å². The Kier molecular flexibility index (Phi) is 5.35. The fourth-order valence-electron chi connectivity index (χ4n) is 6.35. The highest BCUT2D eigenvalue weighted by atomic mass is 32.2. The molecule has 3 aliphatic rings. The van der Waals surface area contributed by atoms with Gasteiger partial charge >= 0.3 is 0 Å². The number of para-hydroxylation sites is 1. The van der Waals surface area contributed by atoms with Crippen molar-refractivity contribution in [3.8, 4) is 5.82 Å². The van der Waals surface area contributed by atoms with Crippen LogP contribution in [-0.2, 0) is 29.6 Å². The predicted molar refractivity (Wildman–Crippen MR) is 146 cm³/mol. The highest BCUT2D eigenvalue weighted by Crippen LogP contribution is 2.53. The Morgan fingerprint density at radius 1 is 1.20 bits per heavy atom. The van der Waals surface area contributed by atoms with Gasteiger partial charge in [0.15, 0.2) is 21.3 Å². The van der Waals surface area contributed by atoms with Gasteiger partial charge in [-0.2, -0.15) is 9.78 Å². The molecule has 1 spiro atoms. The molecule has 15 heteroatoms. The molecule has 210 valence electrons. The van der Waals surface area contributed by atoms with Crippen molar-refractivity contribution in [2.24, 2.45) is 0 Å². The van der Waals surface area contributed by atoms with Crippen LogP contribution >= 0.6 is 0 Å². The van der Waals surface area contributed by atoms with Crippen molar-refractivity contribution in [1.29, 1.82) is 0 Å². The van der Waals surface area contributed by atoms with Crippen LogP contribution in [0.25, 0.3) is 17.0 Å². The molecule has 1 saturated heterocycles. The lowest BCUT2D eigenvalue weighted by Gasteiger charge is -2.33. The summed E-state index contributed by atoms with van der Waals surface area (Å²) >= 11 is 0. The van der Waals surface area contributed by atoms with Crippen LogP contribution in [0.1, 0.15) is 29.7 Å². The zero-order chi connectivity index (χ0) is 28.7. The summed E-state index contributed by atoms with van der Waals surface area (Å²) in [6.07, 6.45) is 3.01. The molecular weight excluding hydrogens is 550 g/mol. The number of carbonyl (C=O) groups is 3. The van der Waals surface area contributed by atoms with Gasteiger partial charge in [0.1, 0.15) is 29.6 Å². The Morgan fingerprint density at radius 3 is 2.78 bits per heavy atom. The molecule has 1 aromatic carbocycles. The average molecular weight is 576 g/mol. The van der Waals surface area contributed by atoms with E-state index in [4.69, 9.17) is 5.10 Å². The van der Waals surface area contributed by atoms with E-state index in [1.54, 1.807) is 38.2 Å². The maximum Gasteiger partial charge on any atom is 0.243 e. The van der Waals surface area contributed by atoms with Crippen molar-refractivity contribution < 1.29 is 22.8 Å². The molecule has 4 aromatic rings. The number of hydrogen-bond donors (Lipinski definition) is 2. The second kappa shape index (κ2) is 8.67. The zero-order valence-corrected chi connectivity index (χ0v) is 23.0. The SMILES string of the molecule is Cc1nn(-c2ncnc3nc[nH]c23)c2c1[C@]1(CC(=O)N2)C(=O)N(CC(=O)N(C)[C@H]2CCS(=O)(=O)C2)c2ccccc21. The number of aromatic amines is 1. The van der Waals surface area contributed by atoms with Gasteiger partial charge in [-0.05, 0) is 25.0 Å². The fourth-order valence-corrected chi connectivity index (χ4v) is 8.13. The molecule has 0 unspecified atom stereocenters.